The average Bonchev–Trinajstić information content (AvgIpc) is 2.96. The predicted octanol–water partition coefficient (Wildman–Crippen LogP) is 6.53. The van der Waals surface area contributed by atoms with Crippen LogP contribution in [0.25, 0.3) is 0 Å². The molecule has 0 spiro atoms. The Hall–Kier alpha value is -3.80. The lowest BCUT2D eigenvalue weighted by Crippen LogP contribution is -2.49. The van der Waals surface area contributed by atoms with Gasteiger partial charge in [-0.25, -0.2) is 13.2 Å². The quantitative estimate of drug-likeness (QED) is 0.206. The molecule has 12 heteroatoms. The molecule has 1 aliphatic heterocycles. The number of nitrogens with zero attached hydrogens (tertiary/aromatic N) is 2. The minimum absolute atomic E-state index is 0. The van der Waals surface area contributed by atoms with Gasteiger partial charge in [-0.05, 0) is 85.5 Å². The first kappa shape index (κ1) is 34.7. The first-order valence-electron chi connectivity index (χ1n) is 14.6. The lowest BCUT2D eigenvalue weighted by molar-refractivity contribution is -0.114. The lowest BCUT2D eigenvalue weighted by atomic mass is 10.0. The Balaban J connectivity index is 0.00000529. The second-order valence-electron chi connectivity index (χ2n) is 10.9. The van der Waals surface area contributed by atoms with Crippen molar-refractivity contribution in [1.29, 1.82) is 0 Å². The number of carbonyl (C=O) groups excluding carboxylic acids is 2. The summed E-state index contributed by atoms with van der Waals surface area (Å²) in [5, 5.41) is 5.77. The molecule has 3 N–H and O–H groups in total. The zero-order chi connectivity index (χ0) is 30.8. The van der Waals surface area contributed by atoms with Crippen molar-refractivity contribution in [1.82, 2.24) is 9.80 Å². The molecule has 44 heavy (non-hydrogen) atoms. The van der Waals surface area contributed by atoms with Crippen molar-refractivity contribution < 1.29 is 22.7 Å². The standard InChI is InChI=1S/C32H41N5O5S.ClH/c1-4-5-20-37(32(39)34-27-10-8-26(9-11-27)33-24(2)38)29-18-21-36(22-19-29)23-25-6-14-30(15-7-25)42-31-16-12-28(13-17-31)35-43(3,40)41;/h6-17,29,35H,4-5,18-23H2,1-3H3,(H,33,38)(H,34,39);1H. The molecule has 3 aromatic carbocycles. The number of piperidine rings is 1. The van der Waals surface area contributed by atoms with Gasteiger partial charge >= 0.3 is 6.03 Å². The summed E-state index contributed by atoms with van der Waals surface area (Å²) in [6.45, 7) is 6.93. The number of anilines is 3. The van der Waals surface area contributed by atoms with Crippen LogP contribution in [0.1, 0.15) is 45.1 Å². The summed E-state index contributed by atoms with van der Waals surface area (Å²) in [7, 11) is -3.32. The number of ether oxygens (including phenoxy) is 1. The first-order chi connectivity index (χ1) is 20.6. The molecule has 10 nitrogen and oxygen atoms in total. The number of nitrogens with one attached hydrogen (secondary N) is 3. The third kappa shape index (κ3) is 11.0. The molecule has 0 saturated carbocycles. The van der Waals surface area contributed by atoms with Crippen molar-refractivity contribution >= 4 is 51.4 Å². The van der Waals surface area contributed by atoms with E-state index in [1.54, 1.807) is 48.5 Å². The van der Waals surface area contributed by atoms with E-state index in [9.17, 15) is 18.0 Å². The number of halogens is 1. The fourth-order valence-electron chi connectivity index (χ4n) is 5.07. The van der Waals surface area contributed by atoms with Gasteiger partial charge in [-0.15, -0.1) is 12.4 Å². The van der Waals surface area contributed by atoms with E-state index in [4.69, 9.17) is 4.74 Å². The third-order valence-corrected chi connectivity index (χ3v) is 7.80. The zero-order valence-corrected chi connectivity index (χ0v) is 27.0. The van der Waals surface area contributed by atoms with Gasteiger partial charge in [0.1, 0.15) is 11.5 Å². The molecule has 1 fully saturated rings. The van der Waals surface area contributed by atoms with Gasteiger partial charge in [0.25, 0.3) is 0 Å². The third-order valence-electron chi connectivity index (χ3n) is 7.19. The normalized spacial score (nSPS) is 13.8. The maximum atomic E-state index is 13.3. The summed E-state index contributed by atoms with van der Waals surface area (Å²) in [6.07, 6.45) is 4.89. The number of likely N-dealkylation sites (tertiary alicyclic amines) is 1. The molecule has 3 amide bonds. The Labute approximate surface area is 266 Å². The summed E-state index contributed by atoms with van der Waals surface area (Å²) in [6, 6.07) is 22.0. The van der Waals surface area contributed by atoms with Crippen LogP contribution in [0.4, 0.5) is 21.9 Å². The Morgan fingerprint density at radius 1 is 0.864 bits per heavy atom. The number of unbranched alkanes of at least 4 members (excludes halogenated alkanes) is 1. The lowest BCUT2D eigenvalue weighted by Gasteiger charge is -2.38. The smallest absolute Gasteiger partial charge is 0.322 e. The van der Waals surface area contributed by atoms with Gasteiger partial charge in [0.15, 0.2) is 0 Å². The highest BCUT2D eigenvalue weighted by Gasteiger charge is 2.28. The van der Waals surface area contributed by atoms with E-state index < -0.39 is 10.0 Å². The van der Waals surface area contributed by atoms with Gasteiger partial charge in [0.2, 0.25) is 15.9 Å². The Kier molecular flexibility index (Phi) is 12.9. The molecule has 3 aromatic rings. The molecular weight excluding hydrogens is 602 g/mol. The second-order valence-corrected chi connectivity index (χ2v) is 12.6. The maximum absolute atomic E-state index is 13.3. The van der Waals surface area contributed by atoms with E-state index in [2.05, 4.69) is 39.3 Å². The number of amides is 3. The molecule has 1 saturated heterocycles. The van der Waals surface area contributed by atoms with Crippen molar-refractivity contribution in [3.63, 3.8) is 0 Å². The topological polar surface area (TPSA) is 120 Å². The number of hydrogen-bond donors (Lipinski definition) is 3. The van der Waals surface area contributed by atoms with Gasteiger partial charge in [0.05, 0.1) is 6.26 Å². The van der Waals surface area contributed by atoms with Crippen molar-refractivity contribution in [2.75, 3.05) is 41.2 Å². The highest BCUT2D eigenvalue weighted by molar-refractivity contribution is 7.92. The summed E-state index contributed by atoms with van der Waals surface area (Å²) >= 11 is 0. The Morgan fingerprint density at radius 3 is 1.91 bits per heavy atom. The van der Waals surface area contributed by atoms with Crippen LogP contribution >= 0.6 is 12.4 Å². The van der Waals surface area contributed by atoms with Gasteiger partial charge < -0.3 is 20.3 Å². The minimum Gasteiger partial charge on any atom is -0.457 e. The molecule has 4 rings (SSSR count). The zero-order valence-electron chi connectivity index (χ0n) is 25.4. The molecular formula is C32H42ClN5O5S. The van der Waals surface area contributed by atoms with Crippen LogP contribution in [-0.2, 0) is 21.4 Å². The van der Waals surface area contributed by atoms with Crippen molar-refractivity contribution in [2.24, 2.45) is 0 Å². The minimum atomic E-state index is -3.32. The maximum Gasteiger partial charge on any atom is 0.322 e. The van der Waals surface area contributed by atoms with Crippen LogP contribution in [0.15, 0.2) is 72.8 Å². The SMILES string of the molecule is CCCCN(C(=O)Nc1ccc(NC(C)=O)cc1)C1CCN(Cc2ccc(Oc3ccc(NS(C)(=O)=O)cc3)cc2)CC1.Cl. The van der Waals surface area contributed by atoms with Crippen LogP contribution in [0.2, 0.25) is 0 Å². The molecule has 0 radical (unpaired) electrons. The number of hydrogen-bond acceptors (Lipinski definition) is 6. The van der Waals surface area contributed by atoms with E-state index >= 15 is 0 Å². The summed E-state index contributed by atoms with van der Waals surface area (Å²) in [4.78, 5) is 28.9. The molecule has 1 heterocycles. The summed E-state index contributed by atoms with van der Waals surface area (Å²) in [5.74, 6) is 1.19. The highest BCUT2D eigenvalue weighted by atomic mass is 35.5. The second kappa shape index (κ2) is 16.3. The number of urea groups is 1. The van der Waals surface area contributed by atoms with Crippen molar-refractivity contribution in [2.45, 2.75) is 52.1 Å². The largest absolute Gasteiger partial charge is 0.457 e. The molecule has 0 bridgehead atoms. The Bertz CT molecular complexity index is 1460. The van der Waals surface area contributed by atoms with E-state index in [0.29, 0.717) is 28.6 Å². The number of benzene rings is 3. The van der Waals surface area contributed by atoms with Crippen LogP contribution in [-0.4, -0.2) is 62.1 Å². The molecule has 1 aliphatic rings. The summed E-state index contributed by atoms with van der Waals surface area (Å²) < 4.78 is 31.1. The molecule has 0 atom stereocenters. The monoisotopic (exact) mass is 643 g/mol. The number of sulfonamides is 1. The van der Waals surface area contributed by atoms with Crippen molar-refractivity contribution in [3.05, 3.63) is 78.4 Å². The van der Waals surface area contributed by atoms with Gasteiger partial charge in [-0.2, -0.15) is 0 Å². The van der Waals surface area contributed by atoms with Crippen LogP contribution in [0, 0.1) is 0 Å². The van der Waals surface area contributed by atoms with Crippen LogP contribution in [0.3, 0.4) is 0 Å². The fraction of sp³-hybridized carbons (Fsp3) is 0.375. The molecule has 0 aliphatic carbocycles. The molecule has 0 unspecified atom stereocenters. The highest BCUT2D eigenvalue weighted by Crippen LogP contribution is 2.25. The fourth-order valence-corrected chi connectivity index (χ4v) is 5.63. The van der Waals surface area contributed by atoms with E-state index in [1.807, 2.05) is 17.0 Å². The molecule has 0 aromatic heterocycles. The number of carbonyl (C=O) groups is 2. The van der Waals surface area contributed by atoms with E-state index in [1.165, 1.54) is 12.5 Å². The summed E-state index contributed by atoms with van der Waals surface area (Å²) in [5.41, 5.74) is 3.06. The first-order valence-corrected chi connectivity index (χ1v) is 16.5. The van der Waals surface area contributed by atoms with Gasteiger partial charge in [0, 0.05) is 56.2 Å². The average molecular weight is 644 g/mol. The van der Waals surface area contributed by atoms with Crippen molar-refractivity contribution in [3.8, 4) is 11.5 Å². The van der Waals surface area contributed by atoms with Gasteiger partial charge in [-0.1, -0.05) is 25.5 Å². The van der Waals surface area contributed by atoms with Crippen LogP contribution < -0.4 is 20.1 Å². The molecule has 238 valence electrons. The number of rotatable bonds is 12. The van der Waals surface area contributed by atoms with Crippen LogP contribution in [0.5, 0.6) is 11.5 Å². The van der Waals surface area contributed by atoms with E-state index in [0.717, 1.165) is 58.1 Å². The predicted molar refractivity (Wildman–Crippen MR) is 178 cm³/mol. The van der Waals surface area contributed by atoms with Gasteiger partial charge in [-0.3, -0.25) is 14.4 Å². The Morgan fingerprint density at radius 2 is 1.39 bits per heavy atom. The van der Waals surface area contributed by atoms with E-state index in [-0.39, 0.29) is 30.4 Å².